The molecule has 0 amide bonds. The van der Waals surface area contributed by atoms with E-state index in [2.05, 4.69) is 35.9 Å². The highest BCUT2D eigenvalue weighted by Gasteiger charge is 2.32. The highest BCUT2D eigenvalue weighted by Crippen LogP contribution is 2.29. The number of rotatable bonds is 6. The minimum absolute atomic E-state index is 0.0796. The lowest BCUT2D eigenvalue weighted by molar-refractivity contribution is 0.400. The van der Waals surface area contributed by atoms with Crippen LogP contribution in [0.4, 0.5) is 11.6 Å². The van der Waals surface area contributed by atoms with Crippen LogP contribution in [0, 0.1) is 6.92 Å². The second-order valence-electron chi connectivity index (χ2n) is 6.88. The maximum Gasteiger partial charge on any atom is 0.250 e. The third-order valence-electron chi connectivity index (χ3n) is 4.47. The zero-order chi connectivity index (χ0) is 19.6. The maximum absolute atomic E-state index is 12.4. The lowest BCUT2D eigenvalue weighted by atomic mass is 9.91. The number of halogens is 1. The van der Waals surface area contributed by atoms with E-state index < -0.39 is 10.0 Å². The molecule has 0 aromatic carbocycles. The number of alkyl halides is 1. The van der Waals surface area contributed by atoms with Gasteiger partial charge in [-0.25, -0.2) is 23.1 Å². The molecule has 10 heteroatoms. The molecule has 1 aliphatic carbocycles. The normalized spacial score (nSPS) is 23.2. The standard InChI is InChI=1S/C17H24BrN5O2S2/c1-11-19-15(10-16(20-11)23(2)3)21-14-7-6-12(9-13(14)18)22-27(24,25)17-5-4-8-26-17/h4-5,8,10,12-14,22H,6-7,9H2,1-3H3,(H,19,20,21). The Labute approximate surface area is 172 Å². The summed E-state index contributed by atoms with van der Waals surface area (Å²) in [5, 5.41) is 5.25. The van der Waals surface area contributed by atoms with Crippen molar-refractivity contribution in [1.29, 1.82) is 0 Å². The monoisotopic (exact) mass is 473 g/mol. The summed E-state index contributed by atoms with van der Waals surface area (Å²) in [5.41, 5.74) is 0. The van der Waals surface area contributed by atoms with E-state index in [1.807, 2.05) is 32.0 Å². The van der Waals surface area contributed by atoms with E-state index in [4.69, 9.17) is 0 Å². The van der Waals surface area contributed by atoms with Gasteiger partial charge in [0.1, 0.15) is 21.7 Å². The number of anilines is 2. The zero-order valence-electron chi connectivity index (χ0n) is 15.5. The van der Waals surface area contributed by atoms with Gasteiger partial charge in [0.15, 0.2) is 0 Å². The minimum atomic E-state index is -3.44. The number of aryl methyl sites for hydroxylation is 1. The smallest absolute Gasteiger partial charge is 0.250 e. The van der Waals surface area contributed by atoms with Gasteiger partial charge in [-0.15, -0.1) is 11.3 Å². The lowest BCUT2D eigenvalue weighted by Gasteiger charge is -2.34. The molecule has 2 aromatic rings. The van der Waals surface area contributed by atoms with Crippen LogP contribution in [-0.4, -0.2) is 49.4 Å². The SMILES string of the molecule is Cc1nc(NC2CCC(NS(=O)(=O)c3cccs3)CC2Br)cc(N(C)C)n1. The largest absolute Gasteiger partial charge is 0.366 e. The Kier molecular flexibility index (Phi) is 6.39. The quantitative estimate of drug-likeness (QED) is 0.626. The summed E-state index contributed by atoms with van der Waals surface area (Å²) >= 11 is 4.96. The van der Waals surface area contributed by atoms with Crippen LogP contribution in [0.25, 0.3) is 0 Å². The number of nitrogens with one attached hydrogen (secondary N) is 2. The van der Waals surface area contributed by atoms with Crippen LogP contribution in [-0.2, 0) is 10.0 Å². The third kappa shape index (κ3) is 5.18. The summed E-state index contributed by atoms with van der Waals surface area (Å²) in [6.45, 7) is 1.88. The van der Waals surface area contributed by atoms with E-state index in [9.17, 15) is 8.42 Å². The first-order valence-corrected chi connectivity index (χ1v) is 12.0. The van der Waals surface area contributed by atoms with Gasteiger partial charge in [-0.2, -0.15) is 0 Å². The summed E-state index contributed by atoms with van der Waals surface area (Å²) in [5.74, 6) is 2.36. The van der Waals surface area contributed by atoms with Crippen molar-refractivity contribution in [2.45, 2.75) is 47.3 Å². The van der Waals surface area contributed by atoms with E-state index >= 15 is 0 Å². The van der Waals surface area contributed by atoms with Crippen LogP contribution in [0.2, 0.25) is 0 Å². The van der Waals surface area contributed by atoms with Crippen molar-refractivity contribution in [3.63, 3.8) is 0 Å². The second kappa shape index (κ2) is 8.42. The molecule has 0 spiro atoms. The fourth-order valence-electron chi connectivity index (χ4n) is 3.12. The van der Waals surface area contributed by atoms with Crippen molar-refractivity contribution >= 4 is 48.9 Å². The zero-order valence-corrected chi connectivity index (χ0v) is 18.7. The van der Waals surface area contributed by atoms with Gasteiger partial charge >= 0.3 is 0 Å². The molecule has 148 valence electrons. The molecule has 0 saturated heterocycles. The van der Waals surface area contributed by atoms with Crippen LogP contribution >= 0.6 is 27.3 Å². The van der Waals surface area contributed by atoms with Crippen LogP contribution in [0.3, 0.4) is 0 Å². The van der Waals surface area contributed by atoms with Gasteiger partial charge in [-0.3, -0.25) is 0 Å². The summed E-state index contributed by atoms with van der Waals surface area (Å²) in [4.78, 5) is 11.0. The maximum atomic E-state index is 12.4. The van der Waals surface area contributed by atoms with Gasteiger partial charge in [-0.1, -0.05) is 22.0 Å². The van der Waals surface area contributed by atoms with Gasteiger partial charge in [0.25, 0.3) is 0 Å². The van der Waals surface area contributed by atoms with Gasteiger partial charge in [0.2, 0.25) is 10.0 Å². The van der Waals surface area contributed by atoms with E-state index in [0.717, 1.165) is 24.5 Å². The number of hydrogen-bond acceptors (Lipinski definition) is 7. The van der Waals surface area contributed by atoms with Crippen LogP contribution in [0.5, 0.6) is 0 Å². The first-order valence-electron chi connectivity index (χ1n) is 8.74. The second-order valence-corrected chi connectivity index (χ2v) is 10.9. The third-order valence-corrected chi connectivity index (χ3v) is 8.40. The van der Waals surface area contributed by atoms with Gasteiger partial charge in [0.05, 0.1) is 0 Å². The van der Waals surface area contributed by atoms with E-state index in [1.54, 1.807) is 17.5 Å². The van der Waals surface area contributed by atoms with Gasteiger partial charge < -0.3 is 10.2 Å². The molecule has 27 heavy (non-hydrogen) atoms. The van der Waals surface area contributed by atoms with Crippen molar-refractivity contribution in [2.24, 2.45) is 0 Å². The molecule has 2 N–H and O–H groups in total. The molecular formula is C17H24BrN5O2S2. The molecule has 1 fully saturated rings. The van der Waals surface area contributed by atoms with Gasteiger partial charge in [-0.05, 0) is 37.6 Å². The van der Waals surface area contributed by atoms with E-state index in [1.165, 1.54) is 11.3 Å². The van der Waals surface area contributed by atoms with Crippen molar-refractivity contribution in [3.05, 3.63) is 29.4 Å². The van der Waals surface area contributed by atoms with Crippen molar-refractivity contribution < 1.29 is 8.42 Å². The molecule has 3 atom stereocenters. The molecule has 7 nitrogen and oxygen atoms in total. The summed E-state index contributed by atoms with van der Waals surface area (Å²) < 4.78 is 28.1. The minimum Gasteiger partial charge on any atom is -0.366 e. The van der Waals surface area contributed by atoms with Crippen LogP contribution in [0.1, 0.15) is 25.1 Å². The molecule has 2 heterocycles. The van der Waals surface area contributed by atoms with Crippen LogP contribution < -0.4 is 14.9 Å². The van der Waals surface area contributed by atoms with E-state index in [-0.39, 0.29) is 16.9 Å². The fraction of sp³-hybridized carbons (Fsp3) is 0.529. The Balaban J connectivity index is 1.62. The molecule has 2 aromatic heterocycles. The molecular weight excluding hydrogens is 450 g/mol. The highest BCUT2D eigenvalue weighted by atomic mass is 79.9. The first kappa shape index (κ1) is 20.5. The molecule has 3 rings (SSSR count). The number of hydrogen-bond donors (Lipinski definition) is 2. The molecule has 0 bridgehead atoms. The Hall–Kier alpha value is -1.23. The number of aromatic nitrogens is 2. The average Bonchev–Trinajstić information content (AvgIpc) is 3.12. The topological polar surface area (TPSA) is 87.2 Å². The number of thiophene rings is 1. The average molecular weight is 474 g/mol. The Morgan fingerprint density at radius 3 is 2.70 bits per heavy atom. The Morgan fingerprint density at radius 2 is 2.07 bits per heavy atom. The summed E-state index contributed by atoms with van der Waals surface area (Å²) in [6.07, 6.45) is 2.33. The highest BCUT2D eigenvalue weighted by molar-refractivity contribution is 9.09. The summed E-state index contributed by atoms with van der Waals surface area (Å²) in [6, 6.07) is 5.41. The number of sulfonamides is 1. The molecule has 1 aliphatic rings. The van der Waals surface area contributed by atoms with Crippen molar-refractivity contribution in [3.8, 4) is 0 Å². The molecule has 0 aliphatic heterocycles. The van der Waals surface area contributed by atoms with Crippen LogP contribution in [0.15, 0.2) is 27.8 Å². The number of nitrogens with zero attached hydrogens (tertiary/aromatic N) is 3. The predicted octanol–water partition coefficient (Wildman–Crippen LogP) is 2.99. The first-order chi connectivity index (χ1) is 12.7. The lowest BCUT2D eigenvalue weighted by Crippen LogP contribution is -2.45. The molecule has 0 radical (unpaired) electrons. The summed E-state index contributed by atoms with van der Waals surface area (Å²) in [7, 11) is 0.460. The molecule has 3 unspecified atom stereocenters. The van der Waals surface area contributed by atoms with Crippen molar-refractivity contribution in [2.75, 3.05) is 24.3 Å². The Morgan fingerprint density at radius 1 is 1.30 bits per heavy atom. The molecule has 1 saturated carbocycles. The van der Waals surface area contributed by atoms with Crippen molar-refractivity contribution in [1.82, 2.24) is 14.7 Å². The van der Waals surface area contributed by atoms with Gasteiger partial charge in [0, 0.05) is 37.1 Å². The van der Waals surface area contributed by atoms with E-state index in [0.29, 0.717) is 16.5 Å². The Bertz CT molecular complexity index is 873. The predicted molar refractivity (Wildman–Crippen MR) is 114 cm³/mol. The fourth-order valence-corrected chi connectivity index (χ4v) is 6.26.